The zero-order valence-electron chi connectivity index (χ0n) is 18.5. The number of sulfonamides is 1. The number of benzene rings is 2. The minimum atomic E-state index is -3.82. The molecular formula is C23H28N2O6S. The summed E-state index contributed by atoms with van der Waals surface area (Å²) in [5, 5.41) is 2.88. The molecule has 172 valence electrons. The predicted molar refractivity (Wildman–Crippen MR) is 120 cm³/mol. The lowest BCUT2D eigenvalue weighted by atomic mass is 9.98. The second-order valence-corrected chi connectivity index (χ2v) is 10.2. The maximum Gasteiger partial charge on any atom is 0.246 e. The molecule has 2 aromatic rings. The van der Waals surface area contributed by atoms with Crippen LogP contribution in [0.5, 0.6) is 17.2 Å². The van der Waals surface area contributed by atoms with Crippen LogP contribution in [0.1, 0.15) is 38.2 Å². The molecule has 2 aromatic carbocycles. The molecule has 1 saturated heterocycles. The van der Waals surface area contributed by atoms with Gasteiger partial charge in [0.2, 0.25) is 22.7 Å². The molecule has 0 radical (unpaired) electrons. The zero-order valence-corrected chi connectivity index (χ0v) is 19.3. The molecule has 0 bridgehead atoms. The molecule has 2 aliphatic rings. The van der Waals surface area contributed by atoms with Crippen LogP contribution in [0.4, 0.5) is 5.69 Å². The molecule has 1 N–H and O–H groups in total. The van der Waals surface area contributed by atoms with E-state index in [9.17, 15) is 13.2 Å². The number of carbonyl (C=O) groups is 1. The summed E-state index contributed by atoms with van der Waals surface area (Å²) in [6, 6.07) is 10.4. The van der Waals surface area contributed by atoms with E-state index in [0.717, 1.165) is 5.56 Å². The number of rotatable bonds is 6. The van der Waals surface area contributed by atoms with Gasteiger partial charge in [-0.05, 0) is 48.6 Å². The molecule has 0 aliphatic carbocycles. The smallest absolute Gasteiger partial charge is 0.246 e. The van der Waals surface area contributed by atoms with Crippen LogP contribution in [-0.4, -0.2) is 45.6 Å². The first-order chi connectivity index (χ1) is 15.3. The van der Waals surface area contributed by atoms with E-state index in [1.165, 1.54) is 11.4 Å². The third-order valence-electron chi connectivity index (χ3n) is 5.87. The molecule has 0 spiro atoms. The first kappa shape index (κ1) is 22.4. The van der Waals surface area contributed by atoms with Crippen molar-refractivity contribution in [3.8, 4) is 17.2 Å². The summed E-state index contributed by atoms with van der Waals surface area (Å²) in [7, 11) is -2.36. The summed E-state index contributed by atoms with van der Waals surface area (Å²) in [5.74, 6) is 1.02. The largest absolute Gasteiger partial charge is 0.495 e. The molecule has 1 atom stereocenters. The molecule has 4 rings (SSSR count). The third kappa shape index (κ3) is 4.40. The monoisotopic (exact) mass is 460 g/mol. The topological polar surface area (TPSA) is 94.2 Å². The van der Waals surface area contributed by atoms with E-state index < -0.39 is 15.9 Å². The van der Waals surface area contributed by atoms with E-state index in [2.05, 4.69) is 5.32 Å². The SMILES string of the molecule is COc1ccc(C(C)C)cc1S(=O)(=O)N1CCC[C@H](C(=O)Nc2ccc3c(c2)OCO3)C1. The van der Waals surface area contributed by atoms with Crippen LogP contribution in [0, 0.1) is 5.92 Å². The van der Waals surface area contributed by atoms with Gasteiger partial charge in [-0.3, -0.25) is 4.79 Å². The quantitative estimate of drug-likeness (QED) is 0.708. The van der Waals surface area contributed by atoms with Crippen molar-refractivity contribution in [3.05, 3.63) is 42.0 Å². The van der Waals surface area contributed by atoms with E-state index in [0.29, 0.717) is 42.3 Å². The molecular weight excluding hydrogens is 432 g/mol. The Morgan fingerprint density at radius 1 is 1.16 bits per heavy atom. The summed E-state index contributed by atoms with van der Waals surface area (Å²) in [6.07, 6.45) is 1.22. The fourth-order valence-corrected chi connectivity index (χ4v) is 5.70. The lowest BCUT2D eigenvalue weighted by Gasteiger charge is -2.31. The van der Waals surface area contributed by atoms with Gasteiger partial charge in [-0.2, -0.15) is 4.31 Å². The van der Waals surface area contributed by atoms with E-state index >= 15 is 0 Å². The third-order valence-corrected chi connectivity index (χ3v) is 7.75. The van der Waals surface area contributed by atoms with Crippen molar-refractivity contribution >= 4 is 21.6 Å². The predicted octanol–water partition coefficient (Wildman–Crippen LogP) is 3.59. The molecule has 0 unspecified atom stereocenters. The highest BCUT2D eigenvalue weighted by atomic mass is 32.2. The second-order valence-electron chi connectivity index (χ2n) is 8.32. The minimum absolute atomic E-state index is 0.119. The van der Waals surface area contributed by atoms with Crippen LogP contribution < -0.4 is 19.5 Å². The average molecular weight is 461 g/mol. The van der Waals surface area contributed by atoms with Crippen molar-refractivity contribution in [2.45, 2.75) is 37.5 Å². The molecule has 9 heteroatoms. The van der Waals surface area contributed by atoms with Crippen molar-refractivity contribution in [1.29, 1.82) is 0 Å². The molecule has 2 aliphatic heterocycles. The lowest BCUT2D eigenvalue weighted by molar-refractivity contribution is -0.120. The maximum absolute atomic E-state index is 13.5. The van der Waals surface area contributed by atoms with Crippen LogP contribution in [0.15, 0.2) is 41.3 Å². The van der Waals surface area contributed by atoms with Gasteiger partial charge in [-0.1, -0.05) is 19.9 Å². The Morgan fingerprint density at radius 2 is 1.94 bits per heavy atom. The van der Waals surface area contributed by atoms with Gasteiger partial charge in [0.25, 0.3) is 0 Å². The number of amides is 1. The van der Waals surface area contributed by atoms with Crippen LogP contribution in [0.3, 0.4) is 0 Å². The normalized spacial score (nSPS) is 18.6. The number of carbonyl (C=O) groups excluding carboxylic acids is 1. The Hall–Kier alpha value is -2.78. The number of nitrogens with one attached hydrogen (secondary N) is 1. The Balaban J connectivity index is 1.52. The fraction of sp³-hybridized carbons (Fsp3) is 0.435. The van der Waals surface area contributed by atoms with Crippen LogP contribution in [0.25, 0.3) is 0 Å². The average Bonchev–Trinajstić information content (AvgIpc) is 3.26. The molecule has 1 amide bonds. The van der Waals surface area contributed by atoms with Crippen LogP contribution in [-0.2, 0) is 14.8 Å². The lowest BCUT2D eigenvalue weighted by Crippen LogP contribution is -2.43. The van der Waals surface area contributed by atoms with Gasteiger partial charge < -0.3 is 19.5 Å². The highest BCUT2D eigenvalue weighted by Crippen LogP contribution is 2.35. The second kappa shape index (κ2) is 8.99. The van der Waals surface area contributed by atoms with E-state index in [1.54, 1.807) is 30.3 Å². The maximum atomic E-state index is 13.5. The number of hydrogen-bond acceptors (Lipinski definition) is 6. The summed E-state index contributed by atoms with van der Waals surface area (Å²) >= 11 is 0. The molecule has 0 saturated carbocycles. The Bertz CT molecular complexity index is 1120. The van der Waals surface area contributed by atoms with Gasteiger partial charge >= 0.3 is 0 Å². The minimum Gasteiger partial charge on any atom is -0.495 e. The van der Waals surface area contributed by atoms with E-state index in [-0.39, 0.29) is 30.1 Å². The molecule has 2 heterocycles. The first-order valence-electron chi connectivity index (χ1n) is 10.7. The summed E-state index contributed by atoms with van der Waals surface area (Å²) in [4.78, 5) is 13.1. The molecule has 0 aromatic heterocycles. The van der Waals surface area contributed by atoms with Crippen molar-refractivity contribution in [1.82, 2.24) is 4.31 Å². The number of fused-ring (bicyclic) bond motifs is 1. The van der Waals surface area contributed by atoms with Gasteiger partial charge in [-0.15, -0.1) is 0 Å². The Morgan fingerprint density at radius 3 is 2.69 bits per heavy atom. The number of nitrogens with zero attached hydrogens (tertiary/aromatic N) is 1. The summed E-state index contributed by atoms with van der Waals surface area (Å²) in [6.45, 7) is 4.66. The van der Waals surface area contributed by atoms with Crippen molar-refractivity contribution < 1.29 is 27.4 Å². The molecule has 8 nitrogen and oxygen atoms in total. The van der Waals surface area contributed by atoms with Crippen molar-refractivity contribution in [2.24, 2.45) is 5.92 Å². The van der Waals surface area contributed by atoms with Crippen LogP contribution >= 0.6 is 0 Å². The van der Waals surface area contributed by atoms with Gasteiger partial charge in [-0.25, -0.2) is 8.42 Å². The van der Waals surface area contributed by atoms with Crippen molar-refractivity contribution in [2.75, 3.05) is 32.3 Å². The Kier molecular flexibility index (Phi) is 6.30. The molecule has 1 fully saturated rings. The van der Waals surface area contributed by atoms with Gasteiger partial charge in [0.1, 0.15) is 10.6 Å². The number of anilines is 1. The number of hydrogen-bond donors (Lipinski definition) is 1. The van der Waals surface area contributed by atoms with E-state index in [1.807, 2.05) is 19.9 Å². The Labute approximate surface area is 188 Å². The summed E-state index contributed by atoms with van der Waals surface area (Å²) in [5.41, 5.74) is 1.50. The first-order valence-corrected chi connectivity index (χ1v) is 12.1. The number of piperidine rings is 1. The highest BCUT2D eigenvalue weighted by molar-refractivity contribution is 7.89. The molecule has 32 heavy (non-hydrogen) atoms. The highest BCUT2D eigenvalue weighted by Gasteiger charge is 2.35. The van der Waals surface area contributed by atoms with Gasteiger partial charge in [0.15, 0.2) is 11.5 Å². The summed E-state index contributed by atoms with van der Waals surface area (Å²) < 4.78 is 44.3. The van der Waals surface area contributed by atoms with Crippen LogP contribution in [0.2, 0.25) is 0 Å². The zero-order chi connectivity index (χ0) is 22.9. The number of ether oxygens (including phenoxy) is 3. The van der Waals surface area contributed by atoms with Gasteiger partial charge in [0.05, 0.1) is 13.0 Å². The van der Waals surface area contributed by atoms with E-state index in [4.69, 9.17) is 14.2 Å². The van der Waals surface area contributed by atoms with Crippen molar-refractivity contribution in [3.63, 3.8) is 0 Å². The van der Waals surface area contributed by atoms with Gasteiger partial charge in [0, 0.05) is 24.8 Å². The number of methoxy groups -OCH3 is 1. The fourth-order valence-electron chi connectivity index (χ4n) is 3.99. The standard InChI is InChI=1S/C23H28N2O6S/c1-15(2)16-6-8-20(29-3)22(11-16)32(27,28)25-10-4-5-17(13-25)23(26)24-18-7-9-19-21(12-18)31-14-30-19/h6-9,11-12,15,17H,4-5,10,13-14H2,1-3H3,(H,24,26)/t17-/m0/s1.